The Hall–Kier alpha value is -2.66. The quantitative estimate of drug-likeness (QED) is 0.591. The van der Waals surface area contributed by atoms with Crippen molar-refractivity contribution >= 4 is 39.8 Å². The summed E-state index contributed by atoms with van der Waals surface area (Å²) < 4.78 is 13.8. The Kier molecular flexibility index (Phi) is 4.86. The lowest BCUT2D eigenvalue weighted by Gasteiger charge is -2.54. The molecule has 1 aliphatic carbocycles. The van der Waals surface area contributed by atoms with Crippen molar-refractivity contribution in [1.82, 2.24) is 4.98 Å². The van der Waals surface area contributed by atoms with Crippen LogP contribution in [-0.2, 0) is 4.79 Å². The second kappa shape index (κ2) is 7.55. The van der Waals surface area contributed by atoms with E-state index in [-0.39, 0.29) is 23.1 Å². The molecule has 1 saturated carbocycles. The van der Waals surface area contributed by atoms with E-state index in [1.807, 2.05) is 18.2 Å². The molecule has 1 aromatic heterocycles. The highest BCUT2D eigenvalue weighted by atomic mass is 35.5. The fourth-order valence-electron chi connectivity index (χ4n) is 4.90. The smallest absolute Gasteiger partial charge is 0.227 e. The van der Waals surface area contributed by atoms with Gasteiger partial charge in [-0.2, -0.15) is 0 Å². The van der Waals surface area contributed by atoms with Crippen LogP contribution in [0, 0.1) is 17.2 Å². The van der Waals surface area contributed by atoms with Crippen molar-refractivity contribution in [3.63, 3.8) is 0 Å². The van der Waals surface area contributed by atoms with Crippen LogP contribution < -0.4 is 10.2 Å². The fraction of sp³-hybridized carbons (Fsp3) is 0.333. The molecule has 30 heavy (non-hydrogen) atoms. The molecule has 0 atom stereocenters. The molecular weight excluding hydrogens is 401 g/mol. The number of rotatable bonds is 3. The predicted octanol–water partition coefficient (Wildman–Crippen LogP) is 5.66. The van der Waals surface area contributed by atoms with Crippen LogP contribution in [0.1, 0.15) is 25.7 Å². The van der Waals surface area contributed by atoms with Gasteiger partial charge in [-0.25, -0.2) is 4.39 Å². The van der Waals surface area contributed by atoms with E-state index >= 15 is 0 Å². The maximum Gasteiger partial charge on any atom is 0.227 e. The average Bonchev–Trinajstić information content (AvgIpc) is 2.73. The van der Waals surface area contributed by atoms with E-state index in [4.69, 9.17) is 11.6 Å². The predicted molar refractivity (Wildman–Crippen MR) is 118 cm³/mol. The molecule has 0 bridgehead atoms. The number of hydrogen-bond acceptors (Lipinski definition) is 3. The number of anilines is 2. The van der Waals surface area contributed by atoms with Gasteiger partial charge in [0, 0.05) is 52.4 Å². The number of amides is 1. The summed E-state index contributed by atoms with van der Waals surface area (Å²) in [6, 6.07) is 13.9. The van der Waals surface area contributed by atoms with Crippen LogP contribution in [-0.4, -0.2) is 24.0 Å². The van der Waals surface area contributed by atoms with Gasteiger partial charge in [-0.3, -0.25) is 9.78 Å². The van der Waals surface area contributed by atoms with E-state index in [0.29, 0.717) is 5.02 Å². The lowest BCUT2D eigenvalue weighted by molar-refractivity contribution is -0.121. The summed E-state index contributed by atoms with van der Waals surface area (Å²) >= 11 is 5.91. The van der Waals surface area contributed by atoms with Gasteiger partial charge in [0.05, 0.1) is 5.52 Å². The number of nitrogens with zero attached hydrogens (tertiary/aromatic N) is 2. The van der Waals surface area contributed by atoms with E-state index in [2.05, 4.69) is 15.2 Å². The molecule has 1 amide bonds. The topological polar surface area (TPSA) is 45.2 Å². The van der Waals surface area contributed by atoms with Gasteiger partial charge in [-0.05, 0) is 74.2 Å². The Balaban J connectivity index is 1.21. The minimum atomic E-state index is -0.237. The number of aromatic nitrogens is 1. The van der Waals surface area contributed by atoms with Crippen LogP contribution >= 0.6 is 11.6 Å². The van der Waals surface area contributed by atoms with Gasteiger partial charge in [0.25, 0.3) is 0 Å². The normalized spacial score (nSPS) is 18.4. The molecular formula is C24H23ClFN3O. The molecule has 1 spiro atoms. The zero-order valence-corrected chi connectivity index (χ0v) is 17.3. The molecule has 0 unspecified atom stereocenters. The SMILES string of the molecule is O=C(Nc1ccc(Cl)cc1)C1CCC2(CC1)CN(c1ccnc3ccc(F)cc13)C2. The van der Waals surface area contributed by atoms with Crippen molar-refractivity contribution in [3.05, 3.63) is 65.6 Å². The Labute approximate surface area is 180 Å². The standard InChI is InChI=1S/C24H23ClFN3O/c25-17-1-4-19(5-2-17)28-23(30)16-7-10-24(11-8-16)14-29(15-24)22-9-12-27-21-6-3-18(26)13-20(21)22/h1-6,9,12-13,16H,7-8,10-11,14-15H2,(H,28,30). The first-order chi connectivity index (χ1) is 14.5. The lowest BCUT2D eigenvalue weighted by Crippen LogP contribution is -2.58. The van der Waals surface area contributed by atoms with Crippen molar-refractivity contribution in [3.8, 4) is 0 Å². The van der Waals surface area contributed by atoms with Gasteiger partial charge in [-0.1, -0.05) is 11.6 Å². The minimum Gasteiger partial charge on any atom is -0.370 e. The van der Waals surface area contributed by atoms with Crippen LogP contribution in [0.4, 0.5) is 15.8 Å². The second-order valence-electron chi connectivity index (χ2n) is 8.62. The molecule has 2 fully saturated rings. The highest BCUT2D eigenvalue weighted by molar-refractivity contribution is 6.30. The van der Waals surface area contributed by atoms with Crippen molar-refractivity contribution in [2.45, 2.75) is 25.7 Å². The maximum atomic E-state index is 13.8. The summed E-state index contributed by atoms with van der Waals surface area (Å²) in [5.41, 5.74) is 2.92. The van der Waals surface area contributed by atoms with E-state index < -0.39 is 0 Å². The van der Waals surface area contributed by atoms with Crippen LogP contribution in [0.5, 0.6) is 0 Å². The summed E-state index contributed by atoms with van der Waals surface area (Å²) in [6.45, 7) is 1.91. The van der Waals surface area contributed by atoms with Crippen molar-refractivity contribution in [1.29, 1.82) is 0 Å². The molecule has 2 heterocycles. The first-order valence-corrected chi connectivity index (χ1v) is 10.7. The van der Waals surface area contributed by atoms with Crippen LogP contribution in [0.25, 0.3) is 10.9 Å². The third-order valence-electron chi connectivity index (χ3n) is 6.60. The number of nitrogens with one attached hydrogen (secondary N) is 1. The van der Waals surface area contributed by atoms with Gasteiger partial charge in [0.2, 0.25) is 5.91 Å². The number of hydrogen-bond donors (Lipinski definition) is 1. The highest BCUT2D eigenvalue weighted by Gasteiger charge is 2.46. The van der Waals surface area contributed by atoms with Crippen LogP contribution in [0.15, 0.2) is 54.7 Å². The largest absolute Gasteiger partial charge is 0.370 e. The van der Waals surface area contributed by atoms with E-state index in [0.717, 1.165) is 61.1 Å². The molecule has 2 aromatic carbocycles. The third-order valence-corrected chi connectivity index (χ3v) is 6.85. The number of halogens is 2. The molecule has 5 rings (SSSR count). The third kappa shape index (κ3) is 3.63. The Bertz CT molecular complexity index is 1090. The highest BCUT2D eigenvalue weighted by Crippen LogP contribution is 2.48. The summed E-state index contributed by atoms with van der Waals surface area (Å²) in [6.07, 6.45) is 5.68. The first kappa shape index (κ1) is 19.3. The summed E-state index contributed by atoms with van der Waals surface area (Å²) in [7, 11) is 0. The van der Waals surface area contributed by atoms with E-state index in [1.54, 1.807) is 30.5 Å². The van der Waals surface area contributed by atoms with Gasteiger partial charge in [0.1, 0.15) is 5.82 Å². The van der Waals surface area contributed by atoms with Crippen molar-refractivity contribution < 1.29 is 9.18 Å². The second-order valence-corrected chi connectivity index (χ2v) is 9.05. The Morgan fingerprint density at radius 3 is 2.57 bits per heavy atom. The Morgan fingerprint density at radius 1 is 1.10 bits per heavy atom. The fourth-order valence-corrected chi connectivity index (χ4v) is 5.03. The van der Waals surface area contributed by atoms with E-state index in [1.165, 1.54) is 6.07 Å². The summed E-state index contributed by atoms with van der Waals surface area (Å²) in [5, 5.41) is 4.54. The molecule has 1 N–H and O–H groups in total. The minimum absolute atomic E-state index is 0.0520. The van der Waals surface area contributed by atoms with Crippen molar-refractivity contribution in [2.75, 3.05) is 23.3 Å². The van der Waals surface area contributed by atoms with Gasteiger partial charge < -0.3 is 10.2 Å². The monoisotopic (exact) mass is 423 g/mol. The maximum absolute atomic E-state index is 13.8. The lowest BCUT2D eigenvalue weighted by atomic mass is 9.65. The van der Waals surface area contributed by atoms with Crippen LogP contribution in [0.3, 0.4) is 0 Å². The average molecular weight is 424 g/mol. The zero-order valence-electron chi connectivity index (χ0n) is 16.6. The number of carbonyl (C=O) groups is 1. The van der Waals surface area contributed by atoms with Gasteiger partial charge in [-0.15, -0.1) is 0 Å². The zero-order chi connectivity index (χ0) is 20.7. The van der Waals surface area contributed by atoms with Crippen molar-refractivity contribution in [2.24, 2.45) is 11.3 Å². The molecule has 1 saturated heterocycles. The molecule has 2 aliphatic rings. The number of fused-ring (bicyclic) bond motifs is 1. The Morgan fingerprint density at radius 2 is 1.83 bits per heavy atom. The molecule has 1 aliphatic heterocycles. The number of carbonyl (C=O) groups excluding carboxylic acids is 1. The number of pyridine rings is 1. The van der Waals surface area contributed by atoms with Crippen LogP contribution in [0.2, 0.25) is 5.02 Å². The summed E-state index contributed by atoms with van der Waals surface area (Å²) in [4.78, 5) is 19.3. The summed E-state index contributed by atoms with van der Waals surface area (Å²) in [5.74, 6) is -0.0886. The van der Waals surface area contributed by atoms with Gasteiger partial charge in [0.15, 0.2) is 0 Å². The molecule has 6 heteroatoms. The van der Waals surface area contributed by atoms with E-state index in [9.17, 15) is 9.18 Å². The first-order valence-electron chi connectivity index (χ1n) is 10.4. The molecule has 4 nitrogen and oxygen atoms in total. The molecule has 0 radical (unpaired) electrons. The number of benzene rings is 2. The molecule has 3 aromatic rings. The molecule has 154 valence electrons. The van der Waals surface area contributed by atoms with Gasteiger partial charge >= 0.3 is 0 Å².